The number of hydrogen-bond acceptors (Lipinski definition) is 2. The van der Waals surface area contributed by atoms with Crippen LogP contribution >= 0.6 is 0 Å². The third-order valence-electron chi connectivity index (χ3n) is 6.41. The van der Waals surface area contributed by atoms with E-state index in [9.17, 15) is 0 Å². The lowest BCUT2D eigenvalue weighted by Gasteiger charge is -2.38. The summed E-state index contributed by atoms with van der Waals surface area (Å²) in [5.41, 5.74) is 0. The highest BCUT2D eigenvalue weighted by atomic mass is 17.1. The van der Waals surface area contributed by atoms with Crippen molar-refractivity contribution in [1.82, 2.24) is 0 Å². The first kappa shape index (κ1) is 18.0. The smallest absolute Gasteiger partial charge is 0.113 e. The Labute approximate surface area is 137 Å². The molecule has 0 amide bonds. The molecule has 0 aromatic heterocycles. The topological polar surface area (TPSA) is 29.5 Å². The third-order valence-corrected chi connectivity index (χ3v) is 6.41. The zero-order valence-corrected chi connectivity index (χ0v) is 14.5. The molecule has 0 radical (unpaired) electrons. The van der Waals surface area contributed by atoms with Gasteiger partial charge in [-0.25, -0.2) is 4.89 Å². The fraction of sp³-hybridized carbons (Fsp3) is 0.900. The highest BCUT2D eigenvalue weighted by Gasteiger charge is 2.32. The number of hydrogen-bond donors (Lipinski definition) is 1. The van der Waals surface area contributed by atoms with Crippen molar-refractivity contribution < 1.29 is 10.1 Å². The van der Waals surface area contributed by atoms with Crippen molar-refractivity contribution in [2.75, 3.05) is 0 Å². The largest absolute Gasteiger partial charge is 0.251 e. The van der Waals surface area contributed by atoms with Crippen LogP contribution in [-0.2, 0) is 4.89 Å². The molecular formula is C20H36O2. The lowest BCUT2D eigenvalue weighted by molar-refractivity contribution is -0.278. The van der Waals surface area contributed by atoms with Gasteiger partial charge in [0.1, 0.15) is 6.10 Å². The first-order valence-electron chi connectivity index (χ1n) is 9.71. The SMILES string of the molecule is C=CC(OO)C1CCC(C2CCC(CCCCC)CC2)CC1. The highest BCUT2D eigenvalue weighted by molar-refractivity contribution is 4.90. The van der Waals surface area contributed by atoms with E-state index in [1.54, 1.807) is 6.08 Å². The molecule has 2 heteroatoms. The monoisotopic (exact) mass is 308 g/mol. The molecule has 2 aliphatic rings. The molecule has 0 bridgehead atoms. The fourth-order valence-electron chi connectivity index (χ4n) is 4.90. The van der Waals surface area contributed by atoms with Crippen molar-refractivity contribution in [2.45, 2.75) is 90.1 Å². The molecular weight excluding hydrogens is 272 g/mol. The molecule has 2 rings (SSSR count). The summed E-state index contributed by atoms with van der Waals surface area (Å²) in [6, 6.07) is 0. The van der Waals surface area contributed by atoms with Gasteiger partial charge in [0.15, 0.2) is 0 Å². The second-order valence-electron chi connectivity index (χ2n) is 7.76. The molecule has 2 nitrogen and oxygen atoms in total. The minimum atomic E-state index is -0.157. The van der Waals surface area contributed by atoms with Gasteiger partial charge >= 0.3 is 0 Å². The molecule has 2 saturated carbocycles. The summed E-state index contributed by atoms with van der Waals surface area (Å²) >= 11 is 0. The Hall–Kier alpha value is -0.340. The first-order valence-corrected chi connectivity index (χ1v) is 9.71. The number of rotatable bonds is 8. The molecule has 1 atom stereocenters. The maximum absolute atomic E-state index is 8.94. The van der Waals surface area contributed by atoms with E-state index >= 15 is 0 Å². The minimum absolute atomic E-state index is 0.157. The zero-order valence-electron chi connectivity index (χ0n) is 14.5. The Kier molecular flexibility index (Phi) is 7.96. The van der Waals surface area contributed by atoms with Crippen LogP contribution in [0, 0.1) is 23.7 Å². The molecule has 0 aliphatic heterocycles. The van der Waals surface area contributed by atoms with E-state index in [0.29, 0.717) is 5.92 Å². The summed E-state index contributed by atoms with van der Waals surface area (Å²) in [5.74, 6) is 3.40. The van der Waals surface area contributed by atoms with E-state index in [-0.39, 0.29) is 6.10 Å². The molecule has 0 saturated heterocycles. The second-order valence-corrected chi connectivity index (χ2v) is 7.76. The molecule has 0 spiro atoms. The summed E-state index contributed by atoms with van der Waals surface area (Å²) in [7, 11) is 0. The Balaban J connectivity index is 1.67. The lowest BCUT2D eigenvalue weighted by Crippen LogP contribution is -2.30. The van der Waals surface area contributed by atoms with E-state index < -0.39 is 0 Å². The van der Waals surface area contributed by atoms with Crippen LogP contribution in [0.5, 0.6) is 0 Å². The van der Waals surface area contributed by atoms with Gasteiger partial charge in [-0.05, 0) is 62.2 Å². The van der Waals surface area contributed by atoms with Gasteiger partial charge in [-0.1, -0.05) is 51.5 Å². The van der Waals surface area contributed by atoms with Gasteiger partial charge in [-0.2, -0.15) is 0 Å². The lowest BCUT2D eigenvalue weighted by atomic mass is 9.68. The summed E-state index contributed by atoms with van der Waals surface area (Å²) in [4.78, 5) is 4.56. The van der Waals surface area contributed by atoms with Crippen LogP contribution in [0.4, 0.5) is 0 Å². The molecule has 22 heavy (non-hydrogen) atoms. The van der Waals surface area contributed by atoms with Crippen molar-refractivity contribution in [3.63, 3.8) is 0 Å². The van der Waals surface area contributed by atoms with Crippen LogP contribution in [0.3, 0.4) is 0 Å². The molecule has 1 unspecified atom stereocenters. The van der Waals surface area contributed by atoms with Crippen LogP contribution in [0.25, 0.3) is 0 Å². The highest BCUT2D eigenvalue weighted by Crippen LogP contribution is 2.43. The van der Waals surface area contributed by atoms with Gasteiger partial charge in [0.2, 0.25) is 0 Å². The van der Waals surface area contributed by atoms with Crippen LogP contribution in [0.1, 0.15) is 84.0 Å². The van der Waals surface area contributed by atoms with Crippen molar-refractivity contribution >= 4 is 0 Å². The molecule has 128 valence electrons. The van der Waals surface area contributed by atoms with Crippen molar-refractivity contribution in [3.05, 3.63) is 12.7 Å². The maximum Gasteiger partial charge on any atom is 0.113 e. The Morgan fingerprint density at radius 1 is 1.00 bits per heavy atom. The fourth-order valence-corrected chi connectivity index (χ4v) is 4.90. The quantitative estimate of drug-likeness (QED) is 0.249. The standard InChI is InChI=1S/C20H36O2/c1-3-5-6-7-16-8-10-17(11-9-16)18-12-14-19(15-13-18)20(4-2)22-21/h4,16-21H,2-3,5-15H2,1H3. The second kappa shape index (κ2) is 9.72. The van der Waals surface area contributed by atoms with Crippen LogP contribution in [0.2, 0.25) is 0 Å². The molecule has 2 aliphatic carbocycles. The van der Waals surface area contributed by atoms with E-state index in [1.807, 2.05) is 0 Å². The summed E-state index contributed by atoms with van der Waals surface area (Å²) < 4.78 is 0. The number of unbranched alkanes of at least 4 members (excludes halogenated alkanes) is 2. The van der Waals surface area contributed by atoms with Crippen molar-refractivity contribution in [2.24, 2.45) is 23.7 Å². The van der Waals surface area contributed by atoms with Gasteiger partial charge in [-0.15, -0.1) is 6.58 Å². The zero-order chi connectivity index (χ0) is 15.8. The van der Waals surface area contributed by atoms with Crippen molar-refractivity contribution in [3.8, 4) is 0 Å². The van der Waals surface area contributed by atoms with Crippen LogP contribution < -0.4 is 0 Å². The van der Waals surface area contributed by atoms with Gasteiger partial charge in [0, 0.05) is 0 Å². The van der Waals surface area contributed by atoms with E-state index in [1.165, 1.54) is 77.0 Å². The van der Waals surface area contributed by atoms with E-state index in [2.05, 4.69) is 18.4 Å². The van der Waals surface area contributed by atoms with Crippen LogP contribution in [-0.4, -0.2) is 11.4 Å². The average molecular weight is 309 g/mol. The Morgan fingerprint density at radius 2 is 1.59 bits per heavy atom. The van der Waals surface area contributed by atoms with Gasteiger partial charge in [-0.3, -0.25) is 5.26 Å². The van der Waals surface area contributed by atoms with Gasteiger partial charge in [0.25, 0.3) is 0 Å². The Morgan fingerprint density at radius 3 is 2.09 bits per heavy atom. The maximum atomic E-state index is 8.94. The van der Waals surface area contributed by atoms with Crippen LogP contribution in [0.15, 0.2) is 12.7 Å². The molecule has 2 fully saturated rings. The molecule has 0 aromatic rings. The average Bonchev–Trinajstić information content (AvgIpc) is 2.58. The molecule has 0 heterocycles. The molecule has 1 N–H and O–H groups in total. The summed E-state index contributed by atoms with van der Waals surface area (Å²) in [5, 5.41) is 8.94. The first-order chi connectivity index (χ1) is 10.8. The van der Waals surface area contributed by atoms with Gasteiger partial charge < -0.3 is 0 Å². The van der Waals surface area contributed by atoms with Crippen molar-refractivity contribution in [1.29, 1.82) is 0 Å². The third kappa shape index (κ3) is 5.09. The predicted molar refractivity (Wildman–Crippen MR) is 92.7 cm³/mol. The van der Waals surface area contributed by atoms with Gasteiger partial charge in [0.05, 0.1) is 0 Å². The van der Waals surface area contributed by atoms with E-state index in [0.717, 1.165) is 17.8 Å². The summed E-state index contributed by atoms with van der Waals surface area (Å²) in [6.07, 6.45) is 18.2. The predicted octanol–water partition coefficient (Wildman–Crippen LogP) is 6.22. The normalized spacial score (nSPS) is 34.3. The summed E-state index contributed by atoms with van der Waals surface area (Å²) in [6.45, 7) is 6.07. The minimum Gasteiger partial charge on any atom is -0.251 e. The van der Waals surface area contributed by atoms with E-state index in [4.69, 9.17) is 5.26 Å². The Bertz CT molecular complexity index is 299. The molecule has 0 aromatic carbocycles.